The second-order valence-electron chi connectivity index (χ2n) is 9.90. The second-order valence-corrected chi connectivity index (χ2v) is 9.90. The Kier molecular flexibility index (Phi) is 15.9. The predicted octanol–water partition coefficient (Wildman–Crippen LogP) is 9.06. The zero-order valence-electron chi connectivity index (χ0n) is 22.7. The number of aldehydes is 1. The van der Waals surface area contributed by atoms with Crippen molar-refractivity contribution in [3.05, 3.63) is 53.6 Å². The van der Waals surface area contributed by atoms with Crippen molar-refractivity contribution in [3.63, 3.8) is 0 Å². The smallest absolute Gasteiger partial charge is 0.343 e. The molecule has 0 unspecified atom stereocenters. The Labute approximate surface area is 223 Å². The van der Waals surface area contributed by atoms with E-state index >= 15 is 0 Å². The Morgan fingerprint density at radius 1 is 0.703 bits per heavy atom. The number of benzene rings is 2. The van der Waals surface area contributed by atoms with Crippen LogP contribution in [0.1, 0.15) is 130 Å². The maximum absolute atomic E-state index is 12.3. The van der Waals surface area contributed by atoms with Gasteiger partial charge in [0.05, 0.1) is 17.7 Å². The maximum Gasteiger partial charge on any atom is 0.343 e. The van der Waals surface area contributed by atoms with Crippen LogP contribution in [0.5, 0.6) is 17.2 Å². The van der Waals surface area contributed by atoms with Crippen molar-refractivity contribution in [1.29, 1.82) is 0 Å². The van der Waals surface area contributed by atoms with Gasteiger partial charge in [0, 0.05) is 6.07 Å². The first-order valence-corrected chi connectivity index (χ1v) is 14.4. The van der Waals surface area contributed by atoms with Gasteiger partial charge in [-0.1, -0.05) is 103 Å². The molecule has 204 valence electrons. The summed E-state index contributed by atoms with van der Waals surface area (Å²) < 4.78 is 11.1. The molecule has 0 heterocycles. The molecule has 1 N–H and O–H groups in total. The van der Waals surface area contributed by atoms with E-state index in [9.17, 15) is 14.7 Å². The van der Waals surface area contributed by atoms with Gasteiger partial charge >= 0.3 is 5.97 Å². The van der Waals surface area contributed by atoms with Gasteiger partial charge in [0.15, 0.2) is 6.29 Å². The zero-order chi connectivity index (χ0) is 26.6. The van der Waals surface area contributed by atoms with E-state index in [4.69, 9.17) is 9.47 Å². The molecule has 2 aromatic carbocycles. The maximum atomic E-state index is 12.3. The summed E-state index contributed by atoms with van der Waals surface area (Å²) >= 11 is 0. The van der Waals surface area contributed by atoms with Crippen LogP contribution >= 0.6 is 0 Å². The van der Waals surface area contributed by atoms with Gasteiger partial charge in [0.2, 0.25) is 0 Å². The molecule has 0 aliphatic carbocycles. The lowest BCUT2D eigenvalue weighted by Crippen LogP contribution is -2.08. The van der Waals surface area contributed by atoms with Crippen molar-refractivity contribution in [2.75, 3.05) is 6.61 Å². The third-order valence-electron chi connectivity index (χ3n) is 6.70. The van der Waals surface area contributed by atoms with Crippen molar-refractivity contribution < 1.29 is 24.2 Å². The minimum absolute atomic E-state index is 0.144. The number of hydrogen-bond donors (Lipinski definition) is 1. The fraction of sp³-hybridized carbons (Fsp3) is 0.562. The van der Waals surface area contributed by atoms with Crippen LogP contribution in [0.4, 0.5) is 0 Å². The van der Waals surface area contributed by atoms with Crippen molar-refractivity contribution in [2.24, 2.45) is 0 Å². The number of aromatic hydroxyl groups is 1. The molecule has 0 bridgehead atoms. The fourth-order valence-electron chi connectivity index (χ4n) is 4.38. The first kappa shape index (κ1) is 30.4. The number of phenols is 1. The Hall–Kier alpha value is -2.82. The summed E-state index contributed by atoms with van der Waals surface area (Å²) in [6, 6.07) is 11.0. The molecule has 0 amide bonds. The van der Waals surface area contributed by atoms with Gasteiger partial charge in [0.25, 0.3) is 0 Å². The predicted molar refractivity (Wildman–Crippen MR) is 150 cm³/mol. The van der Waals surface area contributed by atoms with Gasteiger partial charge in [0.1, 0.15) is 17.2 Å². The van der Waals surface area contributed by atoms with Crippen LogP contribution in [0.3, 0.4) is 0 Å². The number of phenolic OH excluding ortho intramolecular Hbond substituents is 1. The molecule has 0 aromatic heterocycles. The molecule has 2 rings (SSSR count). The Morgan fingerprint density at radius 2 is 1.19 bits per heavy atom. The van der Waals surface area contributed by atoms with Gasteiger partial charge in [-0.25, -0.2) is 4.79 Å². The summed E-state index contributed by atoms with van der Waals surface area (Å²) in [5, 5.41) is 9.71. The first-order valence-electron chi connectivity index (χ1n) is 14.4. The average molecular weight is 511 g/mol. The van der Waals surface area contributed by atoms with Gasteiger partial charge < -0.3 is 14.6 Å². The molecule has 2 aromatic rings. The Bertz CT molecular complexity index is 891. The third-order valence-corrected chi connectivity index (χ3v) is 6.70. The second kappa shape index (κ2) is 19.3. The molecule has 37 heavy (non-hydrogen) atoms. The molecule has 5 nitrogen and oxygen atoms in total. The van der Waals surface area contributed by atoms with Crippen LogP contribution in [0, 0.1) is 0 Å². The van der Waals surface area contributed by atoms with E-state index in [-0.39, 0.29) is 17.1 Å². The van der Waals surface area contributed by atoms with Crippen LogP contribution in [-0.4, -0.2) is 24.0 Å². The molecule has 0 aliphatic heterocycles. The highest BCUT2D eigenvalue weighted by Crippen LogP contribution is 2.23. The van der Waals surface area contributed by atoms with Crippen LogP contribution < -0.4 is 9.47 Å². The molecule has 0 spiro atoms. The average Bonchev–Trinajstić information content (AvgIpc) is 2.91. The van der Waals surface area contributed by atoms with Crippen molar-refractivity contribution in [1.82, 2.24) is 0 Å². The van der Waals surface area contributed by atoms with Crippen LogP contribution in [0.2, 0.25) is 0 Å². The highest BCUT2D eigenvalue weighted by molar-refractivity contribution is 5.91. The number of ether oxygens (including phenoxy) is 2. The van der Waals surface area contributed by atoms with E-state index in [2.05, 4.69) is 6.92 Å². The van der Waals surface area contributed by atoms with Gasteiger partial charge in [-0.3, -0.25) is 4.79 Å². The quantitative estimate of drug-likeness (QED) is 0.0784. The van der Waals surface area contributed by atoms with E-state index in [1.807, 2.05) is 0 Å². The lowest BCUT2D eigenvalue weighted by molar-refractivity contribution is 0.0734. The number of hydrogen-bond acceptors (Lipinski definition) is 5. The van der Waals surface area contributed by atoms with Crippen molar-refractivity contribution in [2.45, 2.75) is 110 Å². The van der Waals surface area contributed by atoms with Crippen molar-refractivity contribution >= 4 is 12.3 Å². The van der Waals surface area contributed by atoms with Gasteiger partial charge in [-0.15, -0.1) is 0 Å². The minimum atomic E-state index is -0.539. The third kappa shape index (κ3) is 13.3. The fourth-order valence-corrected chi connectivity index (χ4v) is 4.38. The van der Waals surface area contributed by atoms with Crippen LogP contribution in [0.25, 0.3) is 0 Å². The molecular weight excluding hydrogens is 464 g/mol. The molecule has 0 aliphatic rings. The SMILES string of the molecule is CCCCCCCCCCCCCCCCCCOc1ccc(C(=O)Oc2ccc(C=O)c(O)c2)cc1. The van der Waals surface area contributed by atoms with E-state index in [1.54, 1.807) is 24.3 Å². The first-order chi connectivity index (χ1) is 18.1. The standard InChI is InChI=1S/C32H46O5/c1-2-3-4-5-6-7-8-9-10-11-12-13-14-15-16-17-24-36-29-21-18-27(19-22-29)32(35)37-30-23-20-28(26-33)31(34)25-30/h18-23,25-26,34H,2-17,24H2,1H3. The summed E-state index contributed by atoms with van der Waals surface area (Å²) in [6.45, 7) is 2.95. The highest BCUT2D eigenvalue weighted by atomic mass is 16.5. The summed E-state index contributed by atoms with van der Waals surface area (Å²) in [7, 11) is 0. The lowest BCUT2D eigenvalue weighted by atomic mass is 10.0. The van der Waals surface area contributed by atoms with Gasteiger partial charge in [-0.05, 0) is 42.8 Å². The normalized spacial score (nSPS) is 10.8. The molecule has 0 saturated heterocycles. The largest absolute Gasteiger partial charge is 0.507 e. The number of esters is 1. The highest BCUT2D eigenvalue weighted by Gasteiger charge is 2.10. The van der Waals surface area contributed by atoms with Crippen molar-refractivity contribution in [3.8, 4) is 17.2 Å². The number of carbonyl (C=O) groups excluding carboxylic acids is 2. The van der Waals surface area contributed by atoms with Crippen LogP contribution in [0.15, 0.2) is 42.5 Å². The Morgan fingerprint density at radius 3 is 1.68 bits per heavy atom. The van der Waals surface area contributed by atoms with Gasteiger partial charge in [-0.2, -0.15) is 0 Å². The van der Waals surface area contributed by atoms with E-state index in [0.717, 1.165) is 12.2 Å². The molecule has 0 fully saturated rings. The number of unbranched alkanes of at least 4 members (excludes halogenated alkanes) is 15. The topological polar surface area (TPSA) is 72.8 Å². The summed E-state index contributed by atoms with van der Waals surface area (Å²) in [5.74, 6) is 0.142. The molecule has 0 radical (unpaired) electrons. The zero-order valence-corrected chi connectivity index (χ0v) is 22.7. The molecule has 5 heteroatoms. The minimum Gasteiger partial charge on any atom is -0.507 e. The summed E-state index contributed by atoms with van der Waals surface area (Å²) in [4.78, 5) is 23.1. The lowest BCUT2D eigenvalue weighted by Gasteiger charge is -2.08. The molecule has 0 saturated carbocycles. The van der Waals surface area contributed by atoms with Crippen LogP contribution in [-0.2, 0) is 0 Å². The van der Waals surface area contributed by atoms with E-state index in [1.165, 1.54) is 115 Å². The summed E-state index contributed by atoms with van der Waals surface area (Å²) in [6.07, 6.45) is 22.1. The number of rotatable bonds is 21. The molecular formula is C32H46O5. The number of carbonyl (C=O) groups is 2. The Balaban J connectivity index is 1.45. The monoisotopic (exact) mass is 510 g/mol. The summed E-state index contributed by atoms with van der Waals surface area (Å²) in [5.41, 5.74) is 0.527. The van der Waals surface area contributed by atoms with E-state index in [0.29, 0.717) is 18.5 Å². The van der Waals surface area contributed by atoms with E-state index < -0.39 is 5.97 Å². The molecule has 0 atom stereocenters.